The van der Waals surface area contributed by atoms with Crippen LogP contribution in [0.25, 0.3) is 0 Å². The Hall–Kier alpha value is -0.900. The zero-order chi connectivity index (χ0) is 12.3. The highest BCUT2D eigenvalue weighted by atomic mass is 35.5. The number of hydrogen-bond acceptors (Lipinski definition) is 2. The maximum atomic E-state index is 13.8. The largest absolute Gasteiger partial charge is 0.313 e. The minimum absolute atomic E-state index is 0.0223. The molecule has 0 bridgehead atoms. The van der Waals surface area contributed by atoms with Crippen molar-refractivity contribution in [3.05, 3.63) is 57.0 Å². The summed E-state index contributed by atoms with van der Waals surface area (Å²) in [5.41, 5.74) is 0.658. The lowest BCUT2D eigenvalue weighted by Crippen LogP contribution is -2.19. The third-order valence-electron chi connectivity index (χ3n) is 2.67. The van der Waals surface area contributed by atoms with Crippen molar-refractivity contribution < 1.29 is 4.39 Å². The van der Waals surface area contributed by atoms with Crippen LogP contribution in [0.2, 0.25) is 5.02 Å². The van der Waals surface area contributed by atoms with E-state index in [2.05, 4.69) is 11.4 Å². The summed E-state index contributed by atoms with van der Waals surface area (Å²) in [6.07, 6.45) is 0.784. The van der Waals surface area contributed by atoms with Gasteiger partial charge < -0.3 is 5.32 Å². The summed E-state index contributed by atoms with van der Waals surface area (Å²) in [4.78, 5) is 1.23. The van der Waals surface area contributed by atoms with Crippen LogP contribution in [0.5, 0.6) is 0 Å². The van der Waals surface area contributed by atoms with Crippen molar-refractivity contribution in [1.29, 1.82) is 0 Å². The van der Waals surface area contributed by atoms with Crippen LogP contribution in [0.15, 0.2) is 35.7 Å². The van der Waals surface area contributed by atoms with Crippen LogP contribution in [-0.2, 0) is 6.42 Å². The minimum Gasteiger partial charge on any atom is -0.313 e. The third-order valence-corrected chi connectivity index (χ3v) is 3.81. The normalized spacial score (nSPS) is 12.6. The molecule has 1 N–H and O–H groups in total. The zero-order valence-corrected chi connectivity index (χ0v) is 11.0. The Bertz CT molecular complexity index is 484. The maximum Gasteiger partial charge on any atom is 0.129 e. The third kappa shape index (κ3) is 3.06. The van der Waals surface area contributed by atoms with Gasteiger partial charge in [0, 0.05) is 27.9 Å². The van der Waals surface area contributed by atoms with Gasteiger partial charge in [-0.1, -0.05) is 23.7 Å². The van der Waals surface area contributed by atoms with Crippen LogP contribution < -0.4 is 5.32 Å². The number of likely N-dealkylation sites (N-methyl/N-ethyl adjacent to an activating group) is 1. The number of nitrogens with one attached hydrogen (secondary N) is 1. The molecule has 90 valence electrons. The second-order valence-electron chi connectivity index (χ2n) is 3.79. The quantitative estimate of drug-likeness (QED) is 0.883. The van der Waals surface area contributed by atoms with Gasteiger partial charge in [0.05, 0.1) is 0 Å². The number of benzene rings is 1. The fraction of sp³-hybridized carbons (Fsp3) is 0.231. The van der Waals surface area contributed by atoms with E-state index in [-0.39, 0.29) is 11.9 Å². The maximum absolute atomic E-state index is 13.8. The molecule has 1 aromatic heterocycles. The van der Waals surface area contributed by atoms with Gasteiger partial charge >= 0.3 is 0 Å². The van der Waals surface area contributed by atoms with Crippen LogP contribution in [0.4, 0.5) is 4.39 Å². The van der Waals surface area contributed by atoms with Crippen molar-refractivity contribution in [3.8, 4) is 0 Å². The summed E-state index contributed by atoms with van der Waals surface area (Å²) in [5, 5.41) is 5.60. The second-order valence-corrected chi connectivity index (χ2v) is 5.26. The molecule has 0 aliphatic heterocycles. The average Bonchev–Trinajstić information content (AvgIpc) is 2.79. The standard InChI is InChI=1S/C13H13ClFNS/c1-16-13(8-10-3-2-6-17-10)11-5-4-9(14)7-12(11)15/h2-7,13,16H,8H2,1H3. The molecule has 1 nitrogen and oxygen atoms in total. The molecular weight excluding hydrogens is 257 g/mol. The first kappa shape index (κ1) is 12.6. The van der Waals surface area contributed by atoms with E-state index < -0.39 is 0 Å². The van der Waals surface area contributed by atoms with E-state index in [0.717, 1.165) is 6.42 Å². The van der Waals surface area contributed by atoms with Gasteiger partial charge in [0.25, 0.3) is 0 Å². The fourth-order valence-corrected chi connectivity index (χ4v) is 2.69. The van der Waals surface area contributed by atoms with Crippen molar-refractivity contribution >= 4 is 22.9 Å². The van der Waals surface area contributed by atoms with Crippen molar-refractivity contribution in [2.45, 2.75) is 12.5 Å². The first-order valence-electron chi connectivity index (χ1n) is 5.35. The Morgan fingerprint density at radius 1 is 1.41 bits per heavy atom. The summed E-state index contributed by atoms with van der Waals surface area (Å²) in [6.45, 7) is 0. The summed E-state index contributed by atoms with van der Waals surface area (Å²) < 4.78 is 13.8. The highest BCUT2D eigenvalue weighted by molar-refractivity contribution is 7.09. The molecule has 0 spiro atoms. The molecule has 2 aromatic rings. The van der Waals surface area contributed by atoms with Crippen molar-refractivity contribution in [2.75, 3.05) is 7.05 Å². The lowest BCUT2D eigenvalue weighted by Gasteiger charge is -2.16. The Labute approximate surface area is 109 Å². The summed E-state index contributed by atoms with van der Waals surface area (Å²) in [6, 6.07) is 8.86. The molecule has 0 saturated heterocycles. The van der Waals surface area contributed by atoms with Gasteiger partial charge in [-0.15, -0.1) is 11.3 Å². The minimum atomic E-state index is -0.256. The van der Waals surface area contributed by atoms with Crippen molar-refractivity contribution in [1.82, 2.24) is 5.32 Å². The summed E-state index contributed by atoms with van der Waals surface area (Å²) in [5.74, 6) is -0.256. The van der Waals surface area contributed by atoms with E-state index in [1.807, 2.05) is 18.5 Å². The van der Waals surface area contributed by atoms with Gasteiger partial charge in [-0.3, -0.25) is 0 Å². The molecule has 1 heterocycles. The average molecular weight is 270 g/mol. The predicted molar refractivity (Wildman–Crippen MR) is 71.2 cm³/mol. The molecule has 0 amide bonds. The Balaban J connectivity index is 2.23. The van der Waals surface area contributed by atoms with Gasteiger partial charge in [-0.05, 0) is 30.6 Å². The van der Waals surface area contributed by atoms with Gasteiger partial charge in [0.1, 0.15) is 5.82 Å². The fourth-order valence-electron chi connectivity index (χ4n) is 1.78. The molecule has 1 unspecified atom stereocenters. The Morgan fingerprint density at radius 3 is 2.82 bits per heavy atom. The molecule has 0 saturated carbocycles. The zero-order valence-electron chi connectivity index (χ0n) is 9.41. The van der Waals surface area contributed by atoms with Crippen LogP contribution in [-0.4, -0.2) is 7.05 Å². The monoisotopic (exact) mass is 269 g/mol. The van der Waals surface area contributed by atoms with Crippen LogP contribution in [0.1, 0.15) is 16.5 Å². The molecule has 17 heavy (non-hydrogen) atoms. The highest BCUT2D eigenvalue weighted by Gasteiger charge is 2.15. The summed E-state index contributed by atoms with van der Waals surface area (Å²) >= 11 is 7.43. The number of hydrogen-bond donors (Lipinski definition) is 1. The first-order valence-corrected chi connectivity index (χ1v) is 6.61. The number of halogens is 2. The lowest BCUT2D eigenvalue weighted by molar-refractivity contribution is 0.536. The van der Waals surface area contributed by atoms with Gasteiger partial charge in [-0.2, -0.15) is 0 Å². The van der Waals surface area contributed by atoms with E-state index in [4.69, 9.17) is 11.6 Å². The molecule has 0 aliphatic rings. The van der Waals surface area contributed by atoms with E-state index in [1.165, 1.54) is 10.9 Å². The molecule has 0 aliphatic carbocycles. The first-order chi connectivity index (χ1) is 8.20. The molecule has 0 fully saturated rings. The SMILES string of the molecule is CNC(Cc1cccs1)c1ccc(Cl)cc1F. The predicted octanol–water partition coefficient (Wildman–Crippen LogP) is 4.04. The van der Waals surface area contributed by atoms with Crippen molar-refractivity contribution in [3.63, 3.8) is 0 Å². The second kappa shape index (κ2) is 5.63. The Morgan fingerprint density at radius 2 is 2.24 bits per heavy atom. The van der Waals surface area contributed by atoms with Crippen LogP contribution in [0, 0.1) is 5.82 Å². The topological polar surface area (TPSA) is 12.0 Å². The van der Waals surface area contributed by atoms with Crippen LogP contribution >= 0.6 is 22.9 Å². The lowest BCUT2D eigenvalue weighted by atomic mass is 10.0. The van der Waals surface area contributed by atoms with Crippen LogP contribution in [0.3, 0.4) is 0 Å². The number of rotatable bonds is 4. The highest BCUT2D eigenvalue weighted by Crippen LogP contribution is 2.25. The molecular formula is C13H13ClFNS. The van der Waals surface area contributed by atoms with E-state index >= 15 is 0 Å². The molecule has 1 aromatic carbocycles. The van der Waals surface area contributed by atoms with Gasteiger partial charge in [0.2, 0.25) is 0 Å². The molecule has 2 rings (SSSR count). The molecule has 0 radical (unpaired) electrons. The summed E-state index contributed by atoms with van der Waals surface area (Å²) in [7, 11) is 1.84. The Kier molecular flexibility index (Phi) is 4.15. The molecule has 1 atom stereocenters. The molecule has 4 heteroatoms. The van der Waals surface area contributed by atoms with E-state index in [0.29, 0.717) is 10.6 Å². The van der Waals surface area contributed by atoms with E-state index in [1.54, 1.807) is 23.5 Å². The van der Waals surface area contributed by atoms with Gasteiger partial charge in [0.15, 0.2) is 0 Å². The van der Waals surface area contributed by atoms with Crippen molar-refractivity contribution in [2.24, 2.45) is 0 Å². The van der Waals surface area contributed by atoms with E-state index in [9.17, 15) is 4.39 Å². The smallest absolute Gasteiger partial charge is 0.129 e. The van der Waals surface area contributed by atoms with Gasteiger partial charge in [-0.25, -0.2) is 4.39 Å². The number of thiophene rings is 1.